The molecule has 0 aromatic heterocycles. The number of hydrogen-bond donors (Lipinski definition) is 1. The first-order valence-corrected chi connectivity index (χ1v) is 5.66. The molecule has 2 heteroatoms. The molecule has 0 rings (SSSR count). The minimum absolute atomic E-state index is 0.562. The summed E-state index contributed by atoms with van der Waals surface area (Å²) in [6, 6.07) is 0.562. The van der Waals surface area contributed by atoms with Gasteiger partial charge in [0.2, 0.25) is 0 Å². The molecule has 0 heterocycles. The molecule has 0 aromatic carbocycles. The molecule has 0 aliphatic heterocycles. The molecule has 1 unspecified atom stereocenters. The zero-order valence-corrected chi connectivity index (χ0v) is 9.44. The molecule has 1 N–H and O–H groups in total. The summed E-state index contributed by atoms with van der Waals surface area (Å²) in [5.41, 5.74) is 0. The van der Waals surface area contributed by atoms with Crippen molar-refractivity contribution in [2.24, 2.45) is 0 Å². The highest BCUT2D eigenvalue weighted by Gasteiger charge is 2.04. The molecule has 0 aliphatic rings. The number of hydrogen-bond acceptors (Lipinski definition) is 2. The van der Waals surface area contributed by atoms with Gasteiger partial charge in [0, 0.05) is 12.6 Å². The second-order valence-corrected chi connectivity index (χ2v) is 3.47. The highest BCUT2D eigenvalue weighted by atomic mass is 16.5. The van der Waals surface area contributed by atoms with Crippen molar-refractivity contribution in [2.45, 2.75) is 52.5 Å². The van der Waals surface area contributed by atoms with Crippen LogP contribution in [0.25, 0.3) is 0 Å². The number of nitrogens with one attached hydrogen (secondary N) is 1. The smallest absolute Gasteiger partial charge is 0.0619 e. The summed E-state index contributed by atoms with van der Waals surface area (Å²) in [5, 5.41) is 3.44. The lowest BCUT2D eigenvalue weighted by atomic mass is 10.2. The Kier molecular flexibility index (Phi) is 9.94. The normalized spacial score (nSPS) is 13.2. The van der Waals surface area contributed by atoms with E-state index >= 15 is 0 Å². The molecule has 0 aliphatic carbocycles. The number of likely N-dealkylation sites (N-methyl/N-ethyl adjacent to an activating group) is 1. The van der Waals surface area contributed by atoms with Gasteiger partial charge in [0.15, 0.2) is 0 Å². The van der Waals surface area contributed by atoms with E-state index in [1.807, 2.05) is 0 Å². The van der Waals surface area contributed by atoms with Crippen molar-refractivity contribution in [3.63, 3.8) is 0 Å². The predicted octanol–water partition coefficient (Wildman–Crippen LogP) is 2.58. The van der Waals surface area contributed by atoms with E-state index < -0.39 is 0 Å². The maximum Gasteiger partial charge on any atom is 0.0619 e. The lowest BCUT2D eigenvalue weighted by Crippen LogP contribution is -2.33. The Balaban J connectivity index is 3.33. The molecule has 0 bridgehead atoms. The van der Waals surface area contributed by atoms with E-state index in [4.69, 9.17) is 4.74 Å². The summed E-state index contributed by atoms with van der Waals surface area (Å²) in [6.45, 7) is 9.40. The van der Waals surface area contributed by atoms with Crippen molar-refractivity contribution in [2.75, 3.05) is 19.8 Å². The van der Waals surface area contributed by atoms with Gasteiger partial charge in [0.05, 0.1) is 6.61 Å². The van der Waals surface area contributed by atoms with E-state index in [9.17, 15) is 0 Å². The highest BCUT2D eigenvalue weighted by molar-refractivity contribution is 4.63. The van der Waals surface area contributed by atoms with Gasteiger partial charge in [-0.05, 0) is 19.4 Å². The average Bonchev–Trinajstić information content (AvgIpc) is 2.13. The lowest BCUT2D eigenvalue weighted by Gasteiger charge is -2.16. The van der Waals surface area contributed by atoms with Crippen LogP contribution in [0.5, 0.6) is 0 Å². The Bertz CT molecular complexity index is 90.1. The SMILES string of the molecule is CCCCOCC(CCC)NCC. The largest absolute Gasteiger partial charge is 0.380 e. The first kappa shape index (κ1) is 12.9. The molecule has 13 heavy (non-hydrogen) atoms. The van der Waals surface area contributed by atoms with E-state index in [2.05, 4.69) is 26.1 Å². The predicted molar refractivity (Wildman–Crippen MR) is 58.1 cm³/mol. The van der Waals surface area contributed by atoms with E-state index in [1.165, 1.54) is 25.7 Å². The van der Waals surface area contributed by atoms with Crippen LogP contribution in [-0.2, 0) is 4.74 Å². The van der Waals surface area contributed by atoms with E-state index in [-0.39, 0.29) is 0 Å². The van der Waals surface area contributed by atoms with Gasteiger partial charge < -0.3 is 10.1 Å². The molecule has 0 fully saturated rings. The van der Waals surface area contributed by atoms with Crippen molar-refractivity contribution >= 4 is 0 Å². The van der Waals surface area contributed by atoms with Crippen LogP contribution in [0.2, 0.25) is 0 Å². The zero-order valence-electron chi connectivity index (χ0n) is 9.44. The molecule has 0 saturated carbocycles. The van der Waals surface area contributed by atoms with Gasteiger partial charge in [0.1, 0.15) is 0 Å². The third-order valence-electron chi connectivity index (χ3n) is 2.09. The second kappa shape index (κ2) is 10.0. The van der Waals surface area contributed by atoms with E-state index in [0.29, 0.717) is 6.04 Å². The first-order valence-electron chi connectivity index (χ1n) is 5.66. The molecule has 0 aromatic rings. The molecular weight excluding hydrogens is 162 g/mol. The molecule has 80 valence electrons. The summed E-state index contributed by atoms with van der Waals surface area (Å²) < 4.78 is 5.58. The fraction of sp³-hybridized carbons (Fsp3) is 1.00. The fourth-order valence-corrected chi connectivity index (χ4v) is 1.35. The van der Waals surface area contributed by atoms with Crippen molar-refractivity contribution in [1.82, 2.24) is 5.32 Å². The molecule has 2 nitrogen and oxygen atoms in total. The molecule has 0 spiro atoms. The van der Waals surface area contributed by atoms with Crippen molar-refractivity contribution in [1.29, 1.82) is 0 Å². The fourth-order valence-electron chi connectivity index (χ4n) is 1.35. The third kappa shape index (κ3) is 8.26. The maximum absolute atomic E-state index is 5.58. The standard InChI is InChI=1S/C11H25NO/c1-4-7-9-13-10-11(8-5-2)12-6-3/h11-12H,4-10H2,1-3H3. The van der Waals surface area contributed by atoms with Crippen LogP contribution in [0.4, 0.5) is 0 Å². The van der Waals surface area contributed by atoms with Gasteiger partial charge in [-0.3, -0.25) is 0 Å². The number of ether oxygens (including phenoxy) is 1. The van der Waals surface area contributed by atoms with Gasteiger partial charge in [-0.15, -0.1) is 0 Å². The minimum Gasteiger partial charge on any atom is -0.380 e. The van der Waals surface area contributed by atoms with Crippen molar-refractivity contribution in [3.05, 3.63) is 0 Å². The Labute approximate surface area is 83.1 Å². The maximum atomic E-state index is 5.58. The second-order valence-electron chi connectivity index (χ2n) is 3.47. The molecule has 0 amide bonds. The van der Waals surface area contributed by atoms with Gasteiger partial charge in [-0.1, -0.05) is 33.6 Å². The van der Waals surface area contributed by atoms with Crippen LogP contribution in [-0.4, -0.2) is 25.8 Å². The van der Waals surface area contributed by atoms with E-state index in [0.717, 1.165) is 19.8 Å². The van der Waals surface area contributed by atoms with Crippen LogP contribution in [0.15, 0.2) is 0 Å². The molecular formula is C11H25NO. The Hall–Kier alpha value is -0.0800. The zero-order chi connectivity index (χ0) is 9.94. The topological polar surface area (TPSA) is 21.3 Å². The number of rotatable bonds is 9. The molecule has 1 atom stereocenters. The van der Waals surface area contributed by atoms with Gasteiger partial charge in [-0.25, -0.2) is 0 Å². The van der Waals surface area contributed by atoms with Crippen LogP contribution in [0, 0.1) is 0 Å². The number of unbranched alkanes of at least 4 members (excludes halogenated alkanes) is 1. The van der Waals surface area contributed by atoms with Crippen LogP contribution < -0.4 is 5.32 Å². The van der Waals surface area contributed by atoms with Gasteiger partial charge >= 0.3 is 0 Å². The quantitative estimate of drug-likeness (QED) is 0.560. The Morgan fingerprint density at radius 3 is 2.46 bits per heavy atom. The van der Waals surface area contributed by atoms with Gasteiger partial charge in [0.25, 0.3) is 0 Å². The first-order chi connectivity index (χ1) is 6.35. The Morgan fingerprint density at radius 2 is 1.92 bits per heavy atom. The van der Waals surface area contributed by atoms with E-state index in [1.54, 1.807) is 0 Å². The van der Waals surface area contributed by atoms with Crippen molar-refractivity contribution < 1.29 is 4.74 Å². The highest BCUT2D eigenvalue weighted by Crippen LogP contribution is 1.98. The van der Waals surface area contributed by atoms with Gasteiger partial charge in [-0.2, -0.15) is 0 Å². The summed E-state index contributed by atoms with van der Waals surface area (Å²) >= 11 is 0. The van der Waals surface area contributed by atoms with Crippen LogP contribution in [0.1, 0.15) is 46.5 Å². The van der Waals surface area contributed by atoms with Crippen LogP contribution >= 0.6 is 0 Å². The summed E-state index contributed by atoms with van der Waals surface area (Å²) in [5.74, 6) is 0. The van der Waals surface area contributed by atoms with Crippen molar-refractivity contribution in [3.8, 4) is 0 Å². The molecule has 0 saturated heterocycles. The Morgan fingerprint density at radius 1 is 1.15 bits per heavy atom. The lowest BCUT2D eigenvalue weighted by molar-refractivity contribution is 0.106. The third-order valence-corrected chi connectivity index (χ3v) is 2.09. The minimum atomic E-state index is 0.562. The average molecular weight is 187 g/mol. The monoisotopic (exact) mass is 187 g/mol. The summed E-state index contributed by atoms with van der Waals surface area (Å²) in [4.78, 5) is 0. The molecule has 0 radical (unpaired) electrons. The summed E-state index contributed by atoms with van der Waals surface area (Å²) in [7, 11) is 0. The van der Waals surface area contributed by atoms with Crippen LogP contribution in [0.3, 0.4) is 0 Å². The summed E-state index contributed by atoms with van der Waals surface area (Å²) in [6.07, 6.45) is 4.86.